The summed E-state index contributed by atoms with van der Waals surface area (Å²) in [6, 6.07) is 1.74. The van der Waals surface area contributed by atoms with Gasteiger partial charge in [0.25, 0.3) is 0 Å². The van der Waals surface area contributed by atoms with E-state index in [0.29, 0.717) is 15.8 Å². The topological polar surface area (TPSA) is 26.3 Å². The van der Waals surface area contributed by atoms with Gasteiger partial charge >= 0.3 is 0 Å². The molecule has 0 saturated heterocycles. The molecule has 0 bridgehead atoms. The maximum atomic E-state index is 10.3. The lowest BCUT2D eigenvalue weighted by molar-refractivity contribution is 0.112. The van der Waals surface area contributed by atoms with Gasteiger partial charge in [0, 0.05) is 12.7 Å². The largest absolute Gasteiger partial charge is 0.380 e. The maximum Gasteiger partial charge on any atom is 0.160 e. The number of thiophene rings is 1. The van der Waals surface area contributed by atoms with Gasteiger partial charge in [-0.15, -0.1) is 11.3 Å². The number of hydrogen-bond acceptors (Lipinski definition) is 3. The van der Waals surface area contributed by atoms with Crippen LogP contribution in [0.15, 0.2) is 6.07 Å². The van der Waals surface area contributed by atoms with Crippen molar-refractivity contribution >= 4 is 29.2 Å². The molecule has 11 heavy (non-hydrogen) atoms. The molecule has 0 amide bonds. The van der Waals surface area contributed by atoms with Gasteiger partial charge in [-0.1, -0.05) is 11.6 Å². The fourth-order valence-corrected chi connectivity index (χ4v) is 1.82. The molecule has 0 aromatic carbocycles. The van der Waals surface area contributed by atoms with Gasteiger partial charge in [0.2, 0.25) is 0 Å². The molecule has 0 aliphatic rings. The molecule has 0 fully saturated rings. The Bertz CT molecular complexity index is 257. The molecule has 0 N–H and O–H groups in total. The second-order valence-corrected chi connectivity index (χ2v) is 3.68. The summed E-state index contributed by atoms with van der Waals surface area (Å²) in [4.78, 5) is 10.9. The lowest BCUT2D eigenvalue weighted by Gasteiger charge is -1.92. The summed E-state index contributed by atoms with van der Waals surface area (Å²) in [5.74, 6) is 0. The average Bonchev–Trinajstić information content (AvgIpc) is 2.33. The smallest absolute Gasteiger partial charge is 0.160 e. The normalized spacial score (nSPS) is 10.0. The summed E-state index contributed by atoms with van der Waals surface area (Å²) in [6.45, 7) is 0.461. The fraction of sp³-hybridized carbons (Fsp3) is 0.286. The molecule has 2 nitrogen and oxygen atoms in total. The third-order valence-electron chi connectivity index (χ3n) is 1.19. The first-order valence-electron chi connectivity index (χ1n) is 3.00. The molecule has 0 atom stereocenters. The van der Waals surface area contributed by atoms with Crippen molar-refractivity contribution in [1.82, 2.24) is 0 Å². The summed E-state index contributed by atoms with van der Waals surface area (Å²) >= 11 is 7.05. The van der Waals surface area contributed by atoms with E-state index in [1.165, 1.54) is 11.3 Å². The van der Waals surface area contributed by atoms with Crippen LogP contribution in [0, 0.1) is 0 Å². The van der Waals surface area contributed by atoms with E-state index in [9.17, 15) is 4.79 Å². The number of aldehydes is 1. The Morgan fingerprint density at radius 2 is 2.55 bits per heavy atom. The van der Waals surface area contributed by atoms with Crippen molar-refractivity contribution in [2.24, 2.45) is 0 Å². The molecule has 60 valence electrons. The number of hydrogen-bond donors (Lipinski definition) is 0. The van der Waals surface area contributed by atoms with Crippen LogP contribution in [0.4, 0.5) is 0 Å². The highest BCUT2D eigenvalue weighted by Crippen LogP contribution is 2.26. The lowest BCUT2D eigenvalue weighted by Crippen LogP contribution is -1.83. The van der Waals surface area contributed by atoms with Crippen molar-refractivity contribution < 1.29 is 9.53 Å². The van der Waals surface area contributed by atoms with E-state index in [1.807, 2.05) is 0 Å². The third-order valence-corrected chi connectivity index (χ3v) is 2.56. The second kappa shape index (κ2) is 3.85. The Kier molecular flexibility index (Phi) is 3.05. The molecule has 0 aliphatic heterocycles. The minimum atomic E-state index is 0.461. The first kappa shape index (κ1) is 8.71. The molecule has 1 aromatic rings. The van der Waals surface area contributed by atoms with Crippen molar-refractivity contribution in [2.75, 3.05) is 7.11 Å². The number of rotatable bonds is 3. The van der Waals surface area contributed by atoms with Crippen LogP contribution < -0.4 is 0 Å². The summed E-state index contributed by atoms with van der Waals surface area (Å²) < 4.78 is 5.51. The van der Waals surface area contributed by atoms with Crippen LogP contribution in [0.5, 0.6) is 0 Å². The monoisotopic (exact) mass is 190 g/mol. The Morgan fingerprint density at radius 3 is 3.00 bits per heavy atom. The SMILES string of the molecule is COCc1cc(C=O)sc1Cl. The molecule has 1 heterocycles. The van der Waals surface area contributed by atoms with Crippen LogP contribution in [-0.2, 0) is 11.3 Å². The quantitative estimate of drug-likeness (QED) is 0.684. The van der Waals surface area contributed by atoms with E-state index in [0.717, 1.165) is 11.8 Å². The van der Waals surface area contributed by atoms with E-state index >= 15 is 0 Å². The van der Waals surface area contributed by atoms with Gasteiger partial charge in [-0.3, -0.25) is 4.79 Å². The van der Waals surface area contributed by atoms with Crippen LogP contribution in [-0.4, -0.2) is 13.4 Å². The molecule has 0 spiro atoms. The third kappa shape index (κ3) is 2.02. The van der Waals surface area contributed by atoms with Gasteiger partial charge in [-0.05, 0) is 6.07 Å². The van der Waals surface area contributed by atoms with E-state index in [4.69, 9.17) is 16.3 Å². The molecule has 0 aliphatic carbocycles. The number of carbonyl (C=O) groups excluding carboxylic acids is 1. The molecule has 1 rings (SSSR count). The average molecular weight is 191 g/mol. The van der Waals surface area contributed by atoms with Crippen LogP contribution >= 0.6 is 22.9 Å². The van der Waals surface area contributed by atoms with Crippen molar-refractivity contribution in [2.45, 2.75) is 6.61 Å². The predicted octanol–water partition coefficient (Wildman–Crippen LogP) is 2.36. The van der Waals surface area contributed by atoms with Gasteiger partial charge in [-0.2, -0.15) is 0 Å². The molecule has 1 aromatic heterocycles. The Hall–Kier alpha value is -0.380. The minimum Gasteiger partial charge on any atom is -0.380 e. The first-order valence-corrected chi connectivity index (χ1v) is 4.19. The second-order valence-electron chi connectivity index (χ2n) is 2.00. The standard InChI is InChI=1S/C7H7ClO2S/c1-10-4-5-2-6(3-9)11-7(5)8/h2-3H,4H2,1H3. The van der Waals surface area contributed by atoms with Crippen LogP contribution in [0.1, 0.15) is 15.2 Å². The van der Waals surface area contributed by atoms with Crippen molar-refractivity contribution in [3.8, 4) is 0 Å². The molecule has 4 heteroatoms. The van der Waals surface area contributed by atoms with Crippen LogP contribution in [0.3, 0.4) is 0 Å². The molecule has 0 radical (unpaired) electrons. The summed E-state index contributed by atoms with van der Waals surface area (Å²) in [7, 11) is 1.59. The van der Waals surface area contributed by atoms with E-state index < -0.39 is 0 Å². The summed E-state index contributed by atoms with van der Waals surface area (Å²) in [5.41, 5.74) is 0.876. The number of ether oxygens (including phenoxy) is 1. The summed E-state index contributed by atoms with van der Waals surface area (Å²) in [5, 5.41) is 0. The fourth-order valence-electron chi connectivity index (χ4n) is 0.739. The molecular weight excluding hydrogens is 184 g/mol. The van der Waals surface area contributed by atoms with Gasteiger partial charge in [0.15, 0.2) is 6.29 Å². The van der Waals surface area contributed by atoms with Crippen molar-refractivity contribution in [3.63, 3.8) is 0 Å². The van der Waals surface area contributed by atoms with Gasteiger partial charge in [0.05, 0.1) is 15.8 Å². The lowest BCUT2D eigenvalue weighted by atomic mass is 10.3. The Balaban J connectivity index is 2.87. The number of methoxy groups -OCH3 is 1. The zero-order chi connectivity index (χ0) is 8.27. The molecule has 0 saturated carbocycles. The highest BCUT2D eigenvalue weighted by Gasteiger charge is 2.05. The highest BCUT2D eigenvalue weighted by molar-refractivity contribution is 7.17. The zero-order valence-corrected chi connectivity index (χ0v) is 7.54. The zero-order valence-electron chi connectivity index (χ0n) is 5.96. The Labute approximate surface area is 73.7 Å². The predicted molar refractivity (Wildman–Crippen MR) is 45.4 cm³/mol. The first-order chi connectivity index (χ1) is 5.27. The molecule has 0 unspecified atom stereocenters. The van der Waals surface area contributed by atoms with Gasteiger partial charge < -0.3 is 4.74 Å². The molecular formula is C7H7ClO2S. The Morgan fingerprint density at radius 1 is 1.82 bits per heavy atom. The van der Waals surface area contributed by atoms with E-state index in [-0.39, 0.29) is 0 Å². The number of halogens is 1. The maximum absolute atomic E-state index is 10.3. The minimum absolute atomic E-state index is 0.461. The highest BCUT2D eigenvalue weighted by atomic mass is 35.5. The van der Waals surface area contributed by atoms with Crippen molar-refractivity contribution in [1.29, 1.82) is 0 Å². The van der Waals surface area contributed by atoms with E-state index in [1.54, 1.807) is 13.2 Å². The van der Waals surface area contributed by atoms with Gasteiger partial charge in [0.1, 0.15) is 0 Å². The van der Waals surface area contributed by atoms with Crippen LogP contribution in [0.2, 0.25) is 4.34 Å². The van der Waals surface area contributed by atoms with Gasteiger partial charge in [-0.25, -0.2) is 0 Å². The van der Waals surface area contributed by atoms with Crippen LogP contribution in [0.25, 0.3) is 0 Å². The summed E-state index contributed by atoms with van der Waals surface area (Å²) in [6.07, 6.45) is 0.787. The van der Waals surface area contributed by atoms with E-state index in [2.05, 4.69) is 0 Å². The van der Waals surface area contributed by atoms with Crippen molar-refractivity contribution in [3.05, 3.63) is 20.8 Å². The number of carbonyl (C=O) groups is 1.